The van der Waals surface area contributed by atoms with Crippen molar-refractivity contribution in [2.75, 3.05) is 13.7 Å². The fraction of sp³-hybridized carbons (Fsp3) is 0.355. The molecule has 1 aliphatic rings. The third-order valence-corrected chi connectivity index (χ3v) is 7.47. The third kappa shape index (κ3) is 8.05. The molecule has 2 N–H and O–H groups in total. The highest BCUT2D eigenvalue weighted by molar-refractivity contribution is 5.77. The molecule has 2 amide bonds. The van der Waals surface area contributed by atoms with Crippen LogP contribution < -0.4 is 15.2 Å². The molecule has 0 saturated carbocycles. The molecule has 0 aliphatic carbocycles. The quantitative estimate of drug-likeness (QED) is 0.170. The Morgan fingerprint density at radius 1 is 0.854 bits per heavy atom. The molecule has 17 heteroatoms. The Kier molecular flexibility index (Phi) is 10.1. The number of methoxy groups -OCH3 is 1. The van der Waals surface area contributed by atoms with Gasteiger partial charge in [-0.1, -0.05) is 6.07 Å². The predicted octanol–water partition coefficient (Wildman–Crippen LogP) is 8.28. The van der Waals surface area contributed by atoms with Crippen molar-refractivity contribution in [2.45, 2.75) is 57.0 Å². The second kappa shape index (κ2) is 13.4. The summed E-state index contributed by atoms with van der Waals surface area (Å²) in [5.74, 6) is -2.06. The van der Waals surface area contributed by atoms with Gasteiger partial charge in [-0.3, -0.25) is 9.69 Å². The molecular formula is C31H26F10N2O5. The van der Waals surface area contributed by atoms with Gasteiger partial charge in [0.25, 0.3) is 0 Å². The summed E-state index contributed by atoms with van der Waals surface area (Å²) in [5.41, 5.74) is -0.216. The molecule has 0 bridgehead atoms. The van der Waals surface area contributed by atoms with Crippen LogP contribution >= 0.6 is 0 Å². The molecule has 1 aliphatic heterocycles. The van der Waals surface area contributed by atoms with E-state index in [2.05, 4.69) is 0 Å². The molecule has 0 radical (unpaired) electrons. The Balaban J connectivity index is 1.76. The molecule has 3 aromatic carbocycles. The Bertz CT molecular complexity index is 1660. The number of nitrogens with two attached hydrogens (primary N) is 1. The summed E-state index contributed by atoms with van der Waals surface area (Å²) < 4.78 is 153. The number of alkyl halides is 9. The maximum absolute atomic E-state index is 14.8. The number of carbonyl (C=O) groups is 2. The molecule has 0 aromatic heterocycles. The molecule has 4 rings (SSSR count). The second-order valence-corrected chi connectivity index (χ2v) is 10.8. The first kappa shape index (κ1) is 36.1. The first-order chi connectivity index (χ1) is 22.2. The minimum atomic E-state index is -5.19. The van der Waals surface area contributed by atoms with Gasteiger partial charge in [0, 0.05) is 18.1 Å². The van der Waals surface area contributed by atoms with E-state index in [1.54, 1.807) is 0 Å². The maximum atomic E-state index is 14.8. The van der Waals surface area contributed by atoms with Gasteiger partial charge >= 0.3 is 24.6 Å². The maximum Gasteiger partial charge on any atom is 0.416 e. The summed E-state index contributed by atoms with van der Waals surface area (Å²) >= 11 is 0. The summed E-state index contributed by atoms with van der Waals surface area (Å²) in [6, 6.07) is 3.88. The number of amides is 2. The SMILES string of the molecule is COc1cc(F)c(OCCCC(N)=O)cc1-c1ccc(C(F)(F)F)cc1CN1C(=O)O[C@H](c2cc(C(F)(F)F)cc(C(F)(F)F)c2)[C@@H]1C. The summed E-state index contributed by atoms with van der Waals surface area (Å²) in [7, 11) is 1.16. The largest absolute Gasteiger partial charge is 0.496 e. The van der Waals surface area contributed by atoms with Gasteiger partial charge in [0.2, 0.25) is 5.91 Å². The first-order valence-electron chi connectivity index (χ1n) is 14.0. The lowest BCUT2D eigenvalue weighted by Gasteiger charge is -2.24. The average molecular weight is 697 g/mol. The van der Waals surface area contributed by atoms with E-state index in [0.717, 1.165) is 30.2 Å². The molecule has 1 saturated heterocycles. The molecule has 2 atom stereocenters. The van der Waals surface area contributed by atoms with Crippen LogP contribution in [0.3, 0.4) is 0 Å². The van der Waals surface area contributed by atoms with Crippen LogP contribution in [-0.2, 0) is 34.6 Å². The monoisotopic (exact) mass is 696 g/mol. The number of nitrogens with zero attached hydrogens (tertiary/aromatic N) is 1. The van der Waals surface area contributed by atoms with E-state index >= 15 is 0 Å². The van der Waals surface area contributed by atoms with E-state index < -0.39 is 77.3 Å². The van der Waals surface area contributed by atoms with Crippen molar-refractivity contribution < 1.29 is 67.7 Å². The molecule has 1 heterocycles. The van der Waals surface area contributed by atoms with E-state index in [4.69, 9.17) is 19.9 Å². The minimum Gasteiger partial charge on any atom is -0.496 e. The number of carbonyl (C=O) groups excluding carboxylic acids is 2. The molecule has 0 spiro atoms. The van der Waals surface area contributed by atoms with E-state index in [0.29, 0.717) is 24.3 Å². The number of rotatable bonds is 10. The molecule has 1 fully saturated rings. The van der Waals surface area contributed by atoms with E-state index in [9.17, 15) is 53.5 Å². The summed E-state index contributed by atoms with van der Waals surface area (Å²) in [5, 5.41) is 0. The van der Waals surface area contributed by atoms with Crippen molar-refractivity contribution in [3.05, 3.63) is 82.2 Å². The lowest BCUT2D eigenvalue weighted by atomic mass is 9.94. The Labute approximate surface area is 266 Å². The number of ether oxygens (including phenoxy) is 3. The highest BCUT2D eigenvalue weighted by Gasteiger charge is 2.44. The third-order valence-electron chi connectivity index (χ3n) is 7.47. The summed E-state index contributed by atoms with van der Waals surface area (Å²) in [4.78, 5) is 24.8. The van der Waals surface area contributed by atoms with Gasteiger partial charge in [-0.05, 0) is 66.4 Å². The van der Waals surface area contributed by atoms with Crippen molar-refractivity contribution >= 4 is 12.0 Å². The van der Waals surface area contributed by atoms with Crippen LogP contribution in [0.25, 0.3) is 11.1 Å². The lowest BCUT2D eigenvalue weighted by molar-refractivity contribution is -0.143. The van der Waals surface area contributed by atoms with Gasteiger partial charge in [0.1, 0.15) is 11.9 Å². The lowest BCUT2D eigenvalue weighted by Crippen LogP contribution is -2.32. The summed E-state index contributed by atoms with van der Waals surface area (Å²) in [6.45, 7) is 0.415. The number of halogens is 10. The molecular weight excluding hydrogens is 670 g/mol. The molecule has 0 unspecified atom stereocenters. The van der Waals surface area contributed by atoms with Gasteiger partial charge in [0.15, 0.2) is 11.6 Å². The fourth-order valence-corrected chi connectivity index (χ4v) is 5.10. The zero-order valence-electron chi connectivity index (χ0n) is 24.9. The number of hydrogen-bond donors (Lipinski definition) is 1. The minimum absolute atomic E-state index is 0.0105. The Morgan fingerprint density at radius 2 is 1.46 bits per heavy atom. The second-order valence-electron chi connectivity index (χ2n) is 10.8. The normalized spacial score (nSPS) is 17.0. The van der Waals surface area contributed by atoms with Crippen molar-refractivity contribution in [3.63, 3.8) is 0 Å². The zero-order valence-corrected chi connectivity index (χ0v) is 24.9. The van der Waals surface area contributed by atoms with Gasteiger partial charge in [-0.25, -0.2) is 9.18 Å². The van der Waals surface area contributed by atoms with Crippen LogP contribution in [0.15, 0.2) is 48.5 Å². The van der Waals surface area contributed by atoms with Crippen molar-refractivity contribution in [1.82, 2.24) is 4.90 Å². The van der Waals surface area contributed by atoms with Gasteiger partial charge < -0.3 is 19.9 Å². The van der Waals surface area contributed by atoms with E-state index in [1.807, 2.05) is 0 Å². The van der Waals surface area contributed by atoms with Gasteiger partial charge in [-0.15, -0.1) is 0 Å². The molecule has 7 nitrogen and oxygen atoms in total. The number of primary amides is 1. The van der Waals surface area contributed by atoms with Crippen LogP contribution in [0.2, 0.25) is 0 Å². The topological polar surface area (TPSA) is 91.1 Å². The number of cyclic esters (lactones) is 1. The standard InChI is InChI=1S/C31H26F10N2O5/c1-15-27(16-8-19(30(36,37)38)11-20(9-16)31(39,40)41)48-28(45)43(15)14-17-10-18(29(33,34)35)5-6-21(17)22-12-25(23(32)13-24(22)46-2)47-7-3-4-26(42)44/h5-6,8-13,15,27H,3-4,7,14H2,1-2H3,(H2,42,44)/t15-,27-/m0/s1. The van der Waals surface area contributed by atoms with Crippen LogP contribution in [0, 0.1) is 5.82 Å². The highest BCUT2D eigenvalue weighted by Crippen LogP contribution is 2.44. The smallest absolute Gasteiger partial charge is 0.416 e. The molecule has 48 heavy (non-hydrogen) atoms. The van der Waals surface area contributed by atoms with Crippen molar-refractivity contribution in [2.24, 2.45) is 5.73 Å². The summed E-state index contributed by atoms with van der Waals surface area (Å²) in [6.07, 6.45) is -18.1. The molecule has 260 valence electrons. The van der Waals surface area contributed by atoms with Gasteiger partial charge in [-0.2, -0.15) is 39.5 Å². The van der Waals surface area contributed by atoms with Crippen LogP contribution in [0.5, 0.6) is 11.5 Å². The zero-order chi connectivity index (χ0) is 35.8. The van der Waals surface area contributed by atoms with E-state index in [1.165, 1.54) is 6.92 Å². The predicted molar refractivity (Wildman–Crippen MR) is 148 cm³/mol. The highest BCUT2D eigenvalue weighted by atomic mass is 19.4. The Hall–Kier alpha value is -4.70. The van der Waals surface area contributed by atoms with Crippen molar-refractivity contribution in [1.29, 1.82) is 0 Å². The number of benzene rings is 3. The average Bonchev–Trinajstić information content (AvgIpc) is 3.26. The molecule has 3 aromatic rings. The van der Waals surface area contributed by atoms with E-state index in [-0.39, 0.29) is 53.7 Å². The van der Waals surface area contributed by atoms with Gasteiger partial charge in [0.05, 0.1) is 43.0 Å². The van der Waals surface area contributed by atoms with Crippen LogP contribution in [-0.4, -0.2) is 36.7 Å². The van der Waals surface area contributed by atoms with Crippen molar-refractivity contribution in [3.8, 4) is 22.6 Å². The fourth-order valence-electron chi connectivity index (χ4n) is 5.10. The first-order valence-corrected chi connectivity index (χ1v) is 14.0. The van der Waals surface area contributed by atoms with Crippen LogP contribution in [0.1, 0.15) is 53.7 Å². The Morgan fingerprint density at radius 3 is 2.00 bits per heavy atom. The number of hydrogen-bond acceptors (Lipinski definition) is 5. The van der Waals surface area contributed by atoms with Crippen LogP contribution in [0.4, 0.5) is 48.7 Å².